The van der Waals surface area contributed by atoms with Crippen LogP contribution in [0.15, 0.2) is 23.8 Å². The van der Waals surface area contributed by atoms with Gasteiger partial charge < -0.3 is 5.11 Å². The van der Waals surface area contributed by atoms with Crippen molar-refractivity contribution < 1.29 is 13.9 Å². The van der Waals surface area contributed by atoms with Crippen LogP contribution in [0.1, 0.15) is 13.3 Å². The number of aliphatic hydroxyl groups is 1. The standard InChI is InChI=1S/C8H10F2O/c1-8(9,10)6-2-4-7(11)5-3-6/h2-4,7,11H,5H2,1H3. The van der Waals surface area contributed by atoms with Crippen LogP contribution in [0.4, 0.5) is 8.78 Å². The lowest BCUT2D eigenvalue weighted by molar-refractivity contribution is 0.0659. The van der Waals surface area contributed by atoms with E-state index in [1.54, 1.807) is 0 Å². The number of hydrogen-bond donors (Lipinski definition) is 1. The lowest BCUT2D eigenvalue weighted by atomic mass is 10.0. The number of hydrogen-bond acceptors (Lipinski definition) is 1. The average molecular weight is 160 g/mol. The molecule has 0 bridgehead atoms. The maximum Gasteiger partial charge on any atom is 0.270 e. The van der Waals surface area contributed by atoms with Crippen LogP contribution in [0.5, 0.6) is 0 Å². The number of halogens is 2. The Bertz CT molecular complexity index is 201. The Morgan fingerprint density at radius 2 is 2.27 bits per heavy atom. The Morgan fingerprint density at radius 3 is 2.64 bits per heavy atom. The van der Waals surface area contributed by atoms with Crippen molar-refractivity contribution in [2.75, 3.05) is 0 Å². The van der Waals surface area contributed by atoms with E-state index in [1.165, 1.54) is 18.2 Å². The second-order valence-electron chi connectivity index (χ2n) is 2.71. The normalized spacial score (nSPS) is 25.1. The number of allylic oxidation sites excluding steroid dienone is 2. The van der Waals surface area contributed by atoms with Gasteiger partial charge in [0.1, 0.15) is 0 Å². The highest BCUT2D eigenvalue weighted by Crippen LogP contribution is 2.27. The molecular formula is C8H10F2O. The Kier molecular flexibility index (Phi) is 2.09. The molecule has 0 saturated heterocycles. The molecule has 1 aliphatic rings. The third-order valence-electron chi connectivity index (χ3n) is 1.58. The summed E-state index contributed by atoms with van der Waals surface area (Å²) >= 11 is 0. The second-order valence-corrected chi connectivity index (χ2v) is 2.71. The van der Waals surface area contributed by atoms with Crippen molar-refractivity contribution in [3.8, 4) is 0 Å². The molecule has 0 aromatic rings. The lowest BCUT2D eigenvalue weighted by Gasteiger charge is -2.16. The molecule has 0 aromatic carbocycles. The van der Waals surface area contributed by atoms with Crippen LogP contribution in [-0.2, 0) is 0 Å². The van der Waals surface area contributed by atoms with Crippen LogP contribution in [0.2, 0.25) is 0 Å². The van der Waals surface area contributed by atoms with E-state index in [1.807, 2.05) is 0 Å². The molecule has 0 heterocycles. The molecule has 1 unspecified atom stereocenters. The molecule has 0 aliphatic heterocycles. The van der Waals surface area contributed by atoms with Gasteiger partial charge in [-0.1, -0.05) is 18.2 Å². The van der Waals surface area contributed by atoms with Crippen molar-refractivity contribution in [3.63, 3.8) is 0 Å². The van der Waals surface area contributed by atoms with Gasteiger partial charge in [-0.15, -0.1) is 0 Å². The highest BCUT2D eigenvalue weighted by molar-refractivity contribution is 5.29. The first kappa shape index (κ1) is 8.40. The van der Waals surface area contributed by atoms with Crippen LogP contribution in [-0.4, -0.2) is 17.1 Å². The zero-order valence-electron chi connectivity index (χ0n) is 6.22. The number of aliphatic hydroxyl groups excluding tert-OH is 1. The summed E-state index contributed by atoms with van der Waals surface area (Å²) in [5.74, 6) is -2.78. The minimum Gasteiger partial charge on any atom is -0.389 e. The van der Waals surface area contributed by atoms with E-state index in [-0.39, 0.29) is 12.0 Å². The molecule has 1 rings (SSSR count). The SMILES string of the molecule is CC(F)(F)C1=CCC(O)C=C1. The molecule has 0 saturated carbocycles. The molecule has 0 aromatic heterocycles. The van der Waals surface area contributed by atoms with E-state index in [0.29, 0.717) is 0 Å². The molecule has 0 spiro atoms. The van der Waals surface area contributed by atoms with Crippen LogP contribution in [0, 0.1) is 0 Å². The maximum atomic E-state index is 12.5. The quantitative estimate of drug-likeness (QED) is 0.621. The van der Waals surface area contributed by atoms with Crippen molar-refractivity contribution in [2.24, 2.45) is 0 Å². The summed E-state index contributed by atoms with van der Waals surface area (Å²) < 4.78 is 25.1. The summed E-state index contributed by atoms with van der Waals surface area (Å²) in [6, 6.07) is 0. The third kappa shape index (κ3) is 2.12. The Hall–Kier alpha value is -0.700. The fourth-order valence-corrected chi connectivity index (χ4v) is 0.935. The van der Waals surface area contributed by atoms with Gasteiger partial charge in [0.05, 0.1) is 6.10 Å². The summed E-state index contributed by atoms with van der Waals surface area (Å²) in [5, 5.41) is 8.92. The second kappa shape index (κ2) is 2.74. The van der Waals surface area contributed by atoms with Crippen molar-refractivity contribution in [2.45, 2.75) is 25.4 Å². The van der Waals surface area contributed by atoms with E-state index in [9.17, 15) is 8.78 Å². The highest BCUT2D eigenvalue weighted by Gasteiger charge is 2.26. The topological polar surface area (TPSA) is 20.2 Å². The van der Waals surface area contributed by atoms with E-state index >= 15 is 0 Å². The molecule has 1 N–H and O–H groups in total. The molecule has 0 amide bonds. The summed E-state index contributed by atoms with van der Waals surface area (Å²) in [6.45, 7) is 0.848. The van der Waals surface area contributed by atoms with Crippen molar-refractivity contribution >= 4 is 0 Å². The van der Waals surface area contributed by atoms with Crippen molar-refractivity contribution in [3.05, 3.63) is 23.8 Å². The van der Waals surface area contributed by atoms with Gasteiger partial charge in [0, 0.05) is 12.5 Å². The predicted octanol–water partition coefficient (Wildman–Crippen LogP) is 1.89. The van der Waals surface area contributed by atoms with E-state index in [0.717, 1.165) is 6.92 Å². The highest BCUT2D eigenvalue weighted by atomic mass is 19.3. The Balaban J connectivity index is 2.71. The molecule has 3 heteroatoms. The first-order valence-electron chi connectivity index (χ1n) is 3.45. The molecule has 1 aliphatic carbocycles. The van der Waals surface area contributed by atoms with Crippen LogP contribution < -0.4 is 0 Å². The van der Waals surface area contributed by atoms with E-state index in [4.69, 9.17) is 5.11 Å². The van der Waals surface area contributed by atoms with Crippen LogP contribution >= 0.6 is 0 Å². The Labute approximate surface area is 64.0 Å². The summed E-state index contributed by atoms with van der Waals surface area (Å²) in [7, 11) is 0. The van der Waals surface area contributed by atoms with Gasteiger partial charge in [0.2, 0.25) is 0 Å². The van der Waals surface area contributed by atoms with Gasteiger partial charge in [-0.2, -0.15) is 0 Å². The zero-order valence-corrected chi connectivity index (χ0v) is 6.22. The molecule has 11 heavy (non-hydrogen) atoms. The fourth-order valence-electron chi connectivity index (χ4n) is 0.935. The minimum atomic E-state index is -2.78. The van der Waals surface area contributed by atoms with Gasteiger partial charge in [-0.3, -0.25) is 0 Å². The Morgan fingerprint density at radius 1 is 1.64 bits per heavy atom. The molecular weight excluding hydrogens is 150 g/mol. The van der Waals surface area contributed by atoms with Crippen molar-refractivity contribution in [1.29, 1.82) is 0 Å². The smallest absolute Gasteiger partial charge is 0.270 e. The lowest BCUT2D eigenvalue weighted by Crippen LogP contribution is -2.16. The minimum absolute atomic E-state index is 0.0113. The van der Waals surface area contributed by atoms with Gasteiger partial charge in [0.15, 0.2) is 0 Å². The first-order chi connectivity index (χ1) is 5.00. The average Bonchev–Trinajstić information content (AvgIpc) is 1.86. The predicted molar refractivity (Wildman–Crippen MR) is 38.5 cm³/mol. The summed E-state index contributed by atoms with van der Waals surface area (Å²) in [6.07, 6.45) is 3.71. The van der Waals surface area contributed by atoms with Crippen LogP contribution in [0.25, 0.3) is 0 Å². The third-order valence-corrected chi connectivity index (χ3v) is 1.58. The molecule has 1 atom stereocenters. The monoisotopic (exact) mass is 160 g/mol. The largest absolute Gasteiger partial charge is 0.389 e. The first-order valence-corrected chi connectivity index (χ1v) is 3.45. The van der Waals surface area contributed by atoms with E-state index in [2.05, 4.69) is 0 Å². The zero-order chi connectivity index (χ0) is 8.48. The summed E-state index contributed by atoms with van der Waals surface area (Å²) in [4.78, 5) is 0. The number of rotatable bonds is 1. The maximum absolute atomic E-state index is 12.5. The van der Waals surface area contributed by atoms with Crippen LogP contribution in [0.3, 0.4) is 0 Å². The molecule has 62 valence electrons. The van der Waals surface area contributed by atoms with Crippen molar-refractivity contribution in [1.82, 2.24) is 0 Å². The fraction of sp³-hybridized carbons (Fsp3) is 0.500. The molecule has 0 fully saturated rings. The van der Waals surface area contributed by atoms with E-state index < -0.39 is 12.0 Å². The van der Waals surface area contributed by atoms with Gasteiger partial charge in [-0.05, 0) is 6.42 Å². The molecule has 1 nitrogen and oxygen atoms in total. The van der Waals surface area contributed by atoms with Gasteiger partial charge >= 0.3 is 0 Å². The number of alkyl halides is 2. The van der Waals surface area contributed by atoms with Gasteiger partial charge in [0.25, 0.3) is 5.92 Å². The molecule has 0 radical (unpaired) electrons. The van der Waals surface area contributed by atoms with Gasteiger partial charge in [-0.25, -0.2) is 8.78 Å². The summed E-state index contributed by atoms with van der Waals surface area (Å²) in [5.41, 5.74) is -0.0113.